The highest BCUT2D eigenvalue weighted by atomic mass is 127. The molecular weight excluding hydrogens is 479 g/mol. The van der Waals surface area contributed by atoms with Crippen LogP contribution in [0.4, 0.5) is 0 Å². The van der Waals surface area contributed by atoms with Gasteiger partial charge in [-0.25, -0.2) is 4.98 Å². The minimum atomic E-state index is 0. The van der Waals surface area contributed by atoms with Gasteiger partial charge in [0.15, 0.2) is 5.96 Å². The number of aromatic nitrogens is 1. The number of aryl methyl sites for hydroxylation is 2. The molecule has 1 heterocycles. The fourth-order valence-electron chi connectivity index (χ4n) is 2.55. The SMILES string of the molecule is CN=C(NCc1sc(C)nc1C)NCc1c(OC)cc(OC)cc1OC.I. The molecule has 7 nitrogen and oxygen atoms in total. The van der Waals surface area contributed by atoms with Gasteiger partial charge in [-0.1, -0.05) is 0 Å². The predicted molar refractivity (Wildman–Crippen MR) is 120 cm³/mol. The number of guanidine groups is 1. The number of ether oxygens (including phenoxy) is 3. The molecule has 9 heteroatoms. The fraction of sp³-hybridized carbons (Fsp3) is 0.444. The third-order valence-corrected chi connectivity index (χ3v) is 4.96. The highest BCUT2D eigenvalue weighted by Gasteiger charge is 2.14. The van der Waals surface area contributed by atoms with E-state index in [0.717, 1.165) is 16.3 Å². The zero-order valence-corrected chi connectivity index (χ0v) is 19.7. The summed E-state index contributed by atoms with van der Waals surface area (Å²) >= 11 is 1.69. The number of hydrogen-bond acceptors (Lipinski definition) is 6. The Morgan fingerprint density at radius 3 is 2.07 bits per heavy atom. The van der Waals surface area contributed by atoms with Gasteiger partial charge in [-0.3, -0.25) is 4.99 Å². The van der Waals surface area contributed by atoms with Crippen LogP contribution in [0.25, 0.3) is 0 Å². The molecule has 0 atom stereocenters. The third-order valence-electron chi connectivity index (χ3n) is 3.89. The molecule has 0 aliphatic heterocycles. The zero-order chi connectivity index (χ0) is 19.1. The van der Waals surface area contributed by atoms with Gasteiger partial charge in [-0.05, 0) is 13.8 Å². The van der Waals surface area contributed by atoms with E-state index in [4.69, 9.17) is 14.2 Å². The Kier molecular flexibility index (Phi) is 9.64. The minimum absolute atomic E-state index is 0. The summed E-state index contributed by atoms with van der Waals surface area (Å²) in [6.45, 7) is 5.20. The van der Waals surface area contributed by atoms with E-state index in [1.165, 1.54) is 4.88 Å². The molecule has 0 spiro atoms. The van der Waals surface area contributed by atoms with E-state index in [1.54, 1.807) is 39.7 Å². The molecule has 27 heavy (non-hydrogen) atoms. The maximum atomic E-state index is 5.48. The lowest BCUT2D eigenvalue weighted by Gasteiger charge is -2.17. The summed E-state index contributed by atoms with van der Waals surface area (Å²) < 4.78 is 16.2. The van der Waals surface area contributed by atoms with Crippen LogP contribution in [-0.2, 0) is 13.1 Å². The first kappa shape index (κ1) is 23.3. The standard InChI is InChI=1S/C18H26N4O3S.HI/c1-11-17(26-12(2)22-11)10-21-18(19-3)20-9-14-15(24-5)7-13(23-4)8-16(14)25-6;/h7-8H,9-10H2,1-6H3,(H2,19,20,21);1H. The molecule has 0 radical (unpaired) electrons. The average Bonchev–Trinajstić information content (AvgIpc) is 2.98. The van der Waals surface area contributed by atoms with Gasteiger partial charge in [0, 0.05) is 24.1 Å². The Bertz CT molecular complexity index is 755. The van der Waals surface area contributed by atoms with Crippen molar-refractivity contribution in [2.24, 2.45) is 4.99 Å². The zero-order valence-electron chi connectivity index (χ0n) is 16.5. The van der Waals surface area contributed by atoms with Crippen molar-refractivity contribution in [2.45, 2.75) is 26.9 Å². The van der Waals surface area contributed by atoms with Crippen LogP contribution in [0, 0.1) is 13.8 Å². The van der Waals surface area contributed by atoms with Crippen LogP contribution in [0.5, 0.6) is 17.2 Å². The number of benzene rings is 1. The Hall–Kier alpha value is -1.75. The molecule has 2 rings (SSSR count). The summed E-state index contributed by atoms with van der Waals surface area (Å²) in [4.78, 5) is 9.91. The molecule has 0 aliphatic carbocycles. The van der Waals surface area contributed by atoms with Crippen LogP contribution < -0.4 is 24.8 Å². The number of methoxy groups -OCH3 is 3. The number of nitrogens with one attached hydrogen (secondary N) is 2. The van der Waals surface area contributed by atoms with Gasteiger partial charge in [0.2, 0.25) is 0 Å². The van der Waals surface area contributed by atoms with Crippen molar-refractivity contribution in [3.63, 3.8) is 0 Å². The lowest BCUT2D eigenvalue weighted by molar-refractivity contribution is 0.368. The number of aliphatic imine (C=N–C) groups is 1. The summed E-state index contributed by atoms with van der Waals surface area (Å²) in [6.07, 6.45) is 0. The van der Waals surface area contributed by atoms with E-state index in [1.807, 2.05) is 26.0 Å². The predicted octanol–water partition coefficient (Wildman–Crippen LogP) is 3.27. The van der Waals surface area contributed by atoms with Crippen molar-refractivity contribution >= 4 is 41.3 Å². The topological polar surface area (TPSA) is 77.0 Å². The fourth-order valence-corrected chi connectivity index (χ4v) is 3.42. The van der Waals surface area contributed by atoms with Crippen molar-refractivity contribution in [1.29, 1.82) is 0 Å². The van der Waals surface area contributed by atoms with Crippen LogP contribution in [0.2, 0.25) is 0 Å². The number of rotatable bonds is 7. The van der Waals surface area contributed by atoms with Gasteiger partial charge in [0.05, 0.1) is 50.7 Å². The van der Waals surface area contributed by atoms with Gasteiger partial charge < -0.3 is 24.8 Å². The van der Waals surface area contributed by atoms with Crippen molar-refractivity contribution in [2.75, 3.05) is 28.4 Å². The van der Waals surface area contributed by atoms with Gasteiger partial charge in [-0.2, -0.15) is 0 Å². The Balaban J connectivity index is 0.00000364. The molecule has 2 aromatic rings. The first-order chi connectivity index (χ1) is 12.5. The third kappa shape index (κ3) is 6.13. The number of thiazole rings is 1. The monoisotopic (exact) mass is 506 g/mol. The van der Waals surface area contributed by atoms with Gasteiger partial charge in [0.1, 0.15) is 17.2 Å². The summed E-state index contributed by atoms with van der Waals surface area (Å²) in [6, 6.07) is 3.67. The molecule has 0 bridgehead atoms. The second-order valence-electron chi connectivity index (χ2n) is 5.53. The molecule has 2 N–H and O–H groups in total. The van der Waals surface area contributed by atoms with E-state index < -0.39 is 0 Å². The van der Waals surface area contributed by atoms with Crippen LogP contribution in [0.3, 0.4) is 0 Å². The number of halogens is 1. The minimum Gasteiger partial charge on any atom is -0.496 e. The quantitative estimate of drug-likeness (QED) is 0.341. The number of hydrogen-bond donors (Lipinski definition) is 2. The summed E-state index contributed by atoms with van der Waals surface area (Å²) in [5.74, 6) is 2.76. The van der Waals surface area contributed by atoms with Crippen LogP contribution in [-0.4, -0.2) is 39.3 Å². The van der Waals surface area contributed by atoms with Crippen LogP contribution >= 0.6 is 35.3 Å². The first-order valence-electron chi connectivity index (χ1n) is 8.18. The second-order valence-corrected chi connectivity index (χ2v) is 6.82. The molecule has 1 aromatic heterocycles. The van der Waals surface area contributed by atoms with Gasteiger partial charge in [0.25, 0.3) is 0 Å². The highest BCUT2D eigenvalue weighted by Crippen LogP contribution is 2.33. The van der Waals surface area contributed by atoms with E-state index in [2.05, 4.69) is 20.6 Å². The lowest BCUT2D eigenvalue weighted by Crippen LogP contribution is -2.36. The lowest BCUT2D eigenvalue weighted by atomic mass is 10.1. The van der Waals surface area contributed by atoms with E-state index in [-0.39, 0.29) is 24.0 Å². The average molecular weight is 506 g/mol. The molecule has 0 saturated heterocycles. The molecule has 0 unspecified atom stereocenters. The second kappa shape index (κ2) is 11.2. The maximum absolute atomic E-state index is 5.48. The van der Waals surface area contributed by atoms with Crippen molar-refractivity contribution in [3.8, 4) is 17.2 Å². The Morgan fingerprint density at radius 1 is 1.04 bits per heavy atom. The van der Waals surface area contributed by atoms with Crippen molar-refractivity contribution in [1.82, 2.24) is 15.6 Å². The normalized spacial score (nSPS) is 10.8. The highest BCUT2D eigenvalue weighted by molar-refractivity contribution is 14.0. The van der Waals surface area contributed by atoms with Gasteiger partial charge >= 0.3 is 0 Å². The Morgan fingerprint density at radius 2 is 1.63 bits per heavy atom. The summed E-state index contributed by atoms with van der Waals surface area (Å²) in [5.41, 5.74) is 1.94. The van der Waals surface area contributed by atoms with E-state index >= 15 is 0 Å². The first-order valence-corrected chi connectivity index (χ1v) is 9.00. The number of nitrogens with zero attached hydrogens (tertiary/aromatic N) is 2. The van der Waals surface area contributed by atoms with Crippen LogP contribution in [0.15, 0.2) is 17.1 Å². The molecule has 0 amide bonds. The molecule has 0 fully saturated rings. The molecule has 1 aromatic carbocycles. The Labute approximate surface area is 181 Å². The van der Waals surface area contributed by atoms with E-state index in [9.17, 15) is 0 Å². The summed E-state index contributed by atoms with van der Waals surface area (Å²) in [5, 5.41) is 7.67. The summed E-state index contributed by atoms with van der Waals surface area (Å²) in [7, 11) is 6.60. The van der Waals surface area contributed by atoms with E-state index in [0.29, 0.717) is 36.3 Å². The smallest absolute Gasteiger partial charge is 0.191 e. The molecule has 0 aliphatic rings. The van der Waals surface area contributed by atoms with Crippen LogP contribution in [0.1, 0.15) is 21.1 Å². The molecule has 150 valence electrons. The van der Waals surface area contributed by atoms with Crippen molar-refractivity contribution in [3.05, 3.63) is 33.3 Å². The largest absolute Gasteiger partial charge is 0.496 e. The molecule has 0 saturated carbocycles. The maximum Gasteiger partial charge on any atom is 0.191 e. The molecular formula is C18H27IN4O3S. The van der Waals surface area contributed by atoms with Crippen molar-refractivity contribution < 1.29 is 14.2 Å². The van der Waals surface area contributed by atoms with Gasteiger partial charge in [-0.15, -0.1) is 35.3 Å².